The molecule has 0 radical (unpaired) electrons. The first-order valence-electron chi connectivity index (χ1n) is 6.09. The molecule has 0 fully saturated rings. The summed E-state index contributed by atoms with van der Waals surface area (Å²) in [6.07, 6.45) is 2.31. The van der Waals surface area contributed by atoms with Gasteiger partial charge in [-0.2, -0.15) is 0 Å². The first kappa shape index (κ1) is 16.4. The largest absolute Gasteiger partial charge is 0.382 e. The van der Waals surface area contributed by atoms with Gasteiger partial charge in [0.05, 0.1) is 13.2 Å². The second-order valence-corrected chi connectivity index (χ2v) is 4.92. The van der Waals surface area contributed by atoms with Gasteiger partial charge in [0.15, 0.2) is 0 Å². The molecule has 0 saturated heterocycles. The van der Waals surface area contributed by atoms with Crippen LogP contribution < -0.4 is 0 Å². The standard InChI is InChI=1S/C12H26BrNO2/c1-12(2)14(7-4-6-13)8-5-9-16-11-10-15-3/h12H,4-11H2,1-3H3. The fourth-order valence-corrected chi connectivity index (χ4v) is 1.76. The van der Waals surface area contributed by atoms with Crippen molar-refractivity contribution in [3.05, 3.63) is 0 Å². The van der Waals surface area contributed by atoms with E-state index in [9.17, 15) is 0 Å². The van der Waals surface area contributed by atoms with Gasteiger partial charge in [0, 0.05) is 31.6 Å². The summed E-state index contributed by atoms with van der Waals surface area (Å²) >= 11 is 3.47. The highest BCUT2D eigenvalue weighted by Gasteiger charge is 2.07. The Bertz CT molecular complexity index is 145. The lowest BCUT2D eigenvalue weighted by molar-refractivity contribution is 0.0636. The molecule has 0 aliphatic heterocycles. The fraction of sp³-hybridized carbons (Fsp3) is 1.00. The van der Waals surface area contributed by atoms with Crippen molar-refractivity contribution in [1.82, 2.24) is 4.90 Å². The summed E-state index contributed by atoms with van der Waals surface area (Å²) in [4.78, 5) is 2.50. The van der Waals surface area contributed by atoms with Gasteiger partial charge in [0.2, 0.25) is 0 Å². The molecule has 0 heterocycles. The van der Waals surface area contributed by atoms with Crippen LogP contribution in [0.15, 0.2) is 0 Å². The van der Waals surface area contributed by atoms with Crippen LogP contribution in [0.1, 0.15) is 26.7 Å². The predicted octanol–water partition coefficient (Wildman–Crippen LogP) is 2.53. The molecule has 98 valence electrons. The first-order chi connectivity index (χ1) is 7.72. The summed E-state index contributed by atoms with van der Waals surface area (Å²) in [7, 11) is 1.70. The maximum absolute atomic E-state index is 5.45. The maximum atomic E-state index is 5.45. The number of nitrogens with zero attached hydrogens (tertiary/aromatic N) is 1. The quantitative estimate of drug-likeness (QED) is 0.432. The van der Waals surface area contributed by atoms with Gasteiger partial charge in [-0.05, 0) is 33.2 Å². The van der Waals surface area contributed by atoms with E-state index in [-0.39, 0.29) is 0 Å². The molecule has 0 unspecified atom stereocenters. The molecule has 3 nitrogen and oxygen atoms in total. The van der Waals surface area contributed by atoms with Crippen LogP contribution in [0.3, 0.4) is 0 Å². The van der Waals surface area contributed by atoms with Crippen molar-refractivity contribution in [3.8, 4) is 0 Å². The molecule has 0 spiro atoms. The Labute approximate surface area is 109 Å². The molecule has 0 atom stereocenters. The molecular formula is C12H26BrNO2. The normalized spacial score (nSPS) is 11.6. The number of alkyl halides is 1. The van der Waals surface area contributed by atoms with E-state index >= 15 is 0 Å². The Morgan fingerprint density at radius 3 is 2.31 bits per heavy atom. The molecule has 0 N–H and O–H groups in total. The van der Waals surface area contributed by atoms with Crippen molar-refractivity contribution >= 4 is 15.9 Å². The zero-order valence-electron chi connectivity index (χ0n) is 10.9. The summed E-state index contributed by atoms with van der Waals surface area (Å²) in [6.45, 7) is 9.02. The maximum Gasteiger partial charge on any atom is 0.0700 e. The van der Waals surface area contributed by atoms with Crippen LogP contribution in [0.2, 0.25) is 0 Å². The highest BCUT2D eigenvalue weighted by Crippen LogP contribution is 2.02. The lowest BCUT2D eigenvalue weighted by Crippen LogP contribution is -2.33. The summed E-state index contributed by atoms with van der Waals surface area (Å²) in [5.41, 5.74) is 0. The van der Waals surface area contributed by atoms with Gasteiger partial charge in [-0.25, -0.2) is 0 Å². The van der Waals surface area contributed by atoms with Crippen LogP contribution in [-0.4, -0.2) is 56.3 Å². The van der Waals surface area contributed by atoms with E-state index in [1.165, 1.54) is 13.0 Å². The van der Waals surface area contributed by atoms with Crippen LogP contribution in [0.25, 0.3) is 0 Å². The highest BCUT2D eigenvalue weighted by molar-refractivity contribution is 9.09. The van der Waals surface area contributed by atoms with Gasteiger partial charge in [-0.1, -0.05) is 15.9 Å². The lowest BCUT2D eigenvalue weighted by atomic mass is 10.2. The van der Waals surface area contributed by atoms with E-state index < -0.39 is 0 Å². The molecule has 0 aromatic heterocycles. The van der Waals surface area contributed by atoms with Crippen LogP contribution in [-0.2, 0) is 9.47 Å². The van der Waals surface area contributed by atoms with Crippen LogP contribution in [0.4, 0.5) is 0 Å². The van der Waals surface area contributed by atoms with Gasteiger partial charge in [0.25, 0.3) is 0 Å². The molecule has 0 aromatic rings. The van der Waals surface area contributed by atoms with Gasteiger partial charge in [-0.15, -0.1) is 0 Å². The van der Waals surface area contributed by atoms with E-state index in [0.717, 1.165) is 24.9 Å². The van der Waals surface area contributed by atoms with Crippen molar-refractivity contribution in [3.63, 3.8) is 0 Å². The van der Waals surface area contributed by atoms with Gasteiger partial charge in [0.1, 0.15) is 0 Å². The minimum absolute atomic E-state index is 0.623. The number of halogens is 1. The fourth-order valence-electron chi connectivity index (χ4n) is 1.51. The number of hydrogen-bond acceptors (Lipinski definition) is 3. The van der Waals surface area contributed by atoms with Gasteiger partial charge in [-0.3, -0.25) is 0 Å². The van der Waals surface area contributed by atoms with E-state index in [2.05, 4.69) is 34.7 Å². The Balaban J connectivity index is 3.44. The van der Waals surface area contributed by atoms with E-state index in [1.807, 2.05) is 0 Å². The number of methoxy groups -OCH3 is 1. The van der Waals surface area contributed by atoms with Crippen molar-refractivity contribution in [2.45, 2.75) is 32.7 Å². The average molecular weight is 296 g/mol. The molecule has 4 heteroatoms. The Morgan fingerprint density at radius 2 is 1.75 bits per heavy atom. The van der Waals surface area contributed by atoms with E-state index in [0.29, 0.717) is 19.3 Å². The third-order valence-corrected chi connectivity index (χ3v) is 3.04. The van der Waals surface area contributed by atoms with Crippen molar-refractivity contribution in [1.29, 1.82) is 0 Å². The van der Waals surface area contributed by atoms with Crippen LogP contribution >= 0.6 is 15.9 Å². The molecule has 0 aromatic carbocycles. The second-order valence-electron chi connectivity index (χ2n) is 4.13. The topological polar surface area (TPSA) is 21.7 Å². The minimum atomic E-state index is 0.623. The minimum Gasteiger partial charge on any atom is -0.382 e. The Hall–Kier alpha value is 0.360. The van der Waals surface area contributed by atoms with Crippen molar-refractivity contribution in [2.75, 3.05) is 45.4 Å². The van der Waals surface area contributed by atoms with Crippen LogP contribution in [0, 0.1) is 0 Å². The molecule has 0 amide bonds. The Morgan fingerprint density at radius 1 is 1.06 bits per heavy atom. The molecule has 0 saturated carbocycles. The number of ether oxygens (including phenoxy) is 2. The Kier molecular flexibility index (Phi) is 12.1. The molecule has 0 bridgehead atoms. The summed E-state index contributed by atoms with van der Waals surface area (Å²) in [5, 5.41) is 1.08. The third kappa shape index (κ3) is 9.58. The summed E-state index contributed by atoms with van der Waals surface area (Å²) in [6, 6.07) is 0.623. The van der Waals surface area contributed by atoms with Crippen molar-refractivity contribution in [2.24, 2.45) is 0 Å². The van der Waals surface area contributed by atoms with Gasteiger partial charge < -0.3 is 14.4 Å². The monoisotopic (exact) mass is 295 g/mol. The SMILES string of the molecule is COCCOCCCN(CCCBr)C(C)C. The third-order valence-electron chi connectivity index (χ3n) is 2.48. The zero-order chi connectivity index (χ0) is 12.2. The molecule has 0 rings (SSSR count). The number of hydrogen-bond donors (Lipinski definition) is 0. The first-order valence-corrected chi connectivity index (χ1v) is 7.21. The van der Waals surface area contributed by atoms with E-state index in [1.54, 1.807) is 7.11 Å². The van der Waals surface area contributed by atoms with Crippen molar-refractivity contribution < 1.29 is 9.47 Å². The molecule has 0 aliphatic carbocycles. The lowest BCUT2D eigenvalue weighted by Gasteiger charge is -2.26. The number of rotatable bonds is 11. The zero-order valence-corrected chi connectivity index (χ0v) is 12.5. The molecule has 0 aliphatic rings. The predicted molar refractivity (Wildman–Crippen MR) is 72.4 cm³/mol. The molecule has 16 heavy (non-hydrogen) atoms. The summed E-state index contributed by atoms with van der Waals surface area (Å²) < 4.78 is 10.4. The van der Waals surface area contributed by atoms with Crippen LogP contribution in [0.5, 0.6) is 0 Å². The van der Waals surface area contributed by atoms with E-state index in [4.69, 9.17) is 9.47 Å². The smallest absolute Gasteiger partial charge is 0.0700 e. The van der Waals surface area contributed by atoms with Gasteiger partial charge >= 0.3 is 0 Å². The average Bonchev–Trinajstić information content (AvgIpc) is 2.26. The summed E-state index contributed by atoms with van der Waals surface area (Å²) in [5.74, 6) is 0. The second kappa shape index (κ2) is 11.8. The highest BCUT2D eigenvalue weighted by atomic mass is 79.9. The molecular weight excluding hydrogens is 270 g/mol.